The third kappa shape index (κ3) is 4.54. The molecule has 0 bridgehead atoms. The second kappa shape index (κ2) is 10.0. The number of fused-ring (bicyclic) bond motifs is 1. The first-order valence-corrected chi connectivity index (χ1v) is 12.3. The molecule has 1 aromatic heterocycles. The molecular weight excluding hydrogens is 452 g/mol. The molecule has 7 heteroatoms. The second-order valence-electron chi connectivity index (χ2n) is 9.34. The van der Waals surface area contributed by atoms with Gasteiger partial charge in [0.05, 0.1) is 37.4 Å². The third-order valence-electron chi connectivity index (χ3n) is 6.91. The van der Waals surface area contributed by atoms with Crippen LogP contribution in [-0.2, 0) is 6.54 Å². The van der Waals surface area contributed by atoms with Crippen molar-refractivity contribution in [3.05, 3.63) is 88.5 Å². The highest BCUT2D eigenvalue weighted by molar-refractivity contribution is 5.78. The normalized spacial score (nSPS) is 16.3. The molecule has 36 heavy (non-hydrogen) atoms. The zero-order valence-electron chi connectivity index (χ0n) is 21.3. The van der Waals surface area contributed by atoms with Crippen LogP contribution in [0.2, 0.25) is 0 Å². The number of anilines is 1. The van der Waals surface area contributed by atoms with E-state index in [1.807, 2.05) is 42.5 Å². The molecule has 7 nitrogen and oxygen atoms in total. The van der Waals surface area contributed by atoms with Crippen LogP contribution in [0.4, 0.5) is 5.69 Å². The molecule has 0 saturated carbocycles. The van der Waals surface area contributed by atoms with Crippen molar-refractivity contribution < 1.29 is 9.47 Å². The summed E-state index contributed by atoms with van der Waals surface area (Å²) in [6.45, 7) is 7.55. The van der Waals surface area contributed by atoms with Crippen LogP contribution in [0.5, 0.6) is 11.5 Å². The molecule has 0 N–H and O–H groups in total. The van der Waals surface area contributed by atoms with Gasteiger partial charge in [0, 0.05) is 37.4 Å². The van der Waals surface area contributed by atoms with Gasteiger partial charge in [0.1, 0.15) is 17.3 Å². The molecule has 1 fully saturated rings. The first-order chi connectivity index (χ1) is 17.5. The number of rotatable bonds is 6. The molecule has 2 heterocycles. The van der Waals surface area contributed by atoms with Crippen molar-refractivity contribution in [1.82, 2.24) is 14.5 Å². The van der Waals surface area contributed by atoms with Crippen molar-refractivity contribution in [2.75, 3.05) is 38.8 Å². The fraction of sp³-hybridized carbons (Fsp3) is 0.310. The molecule has 0 spiro atoms. The summed E-state index contributed by atoms with van der Waals surface area (Å²) < 4.78 is 12.8. The van der Waals surface area contributed by atoms with E-state index in [2.05, 4.69) is 47.9 Å². The minimum absolute atomic E-state index is 0.117. The molecule has 1 saturated heterocycles. The quantitative estimate of drug-likeness (QED) is 0.404. The average Bonchev–Trinajstić information content (AvgIpc) is 2.89. The lowest BCUT2D eigenvalue weighted by atomic mass is 10.1. The largest absolute Gasteiger partial charge is 0.497 e. The van der Waals surface area contributed by atoms with E-state index in [1.54, 1.807) is 18.8 Å². The number of benzene rings is 3. The summed E-state index contributed by atoms with van der Waals surface area (Å²) in [5, 5.41) is 0.573. The first-order valence-electron chi connectivity index (χ1n) is 12.3. The van der Waals surface area contributed by atoms with Crippen molar-refractivity contribution in [2.24, 2.45) is 0 Å². The number of aromatic nitrogens is 2. The summed E-state index contributed by atoms with van der Waals surface area (Å²) in [5.41, 5.74) is 3.71. The van der Waals surface area contributed by atoms with Crippen molar-refractivity contribution in [3.63, 3.8) is 0 Å². The Hall–Kier alpha value is -3.84. The number of hydrogen-bond acceptors (Lipinski definition) is 6. The number of para-hydroxylation sites is 1. The second-order valence-corrected chi connectivity index (χ2v) is 9.34. The van der Waals surface area contributed by atoms with E-state index in [1.165, 1.54) is 11.3 Å². The third-order valence-corrected chi connectivity index (χ3v) is 6.91. The van der Waals surface area contributed by atoms with Crippen LogP contribution in [0.25, 0.3) is 16.6 Å². The van der Waals surface area contributed by atoms with Gasteiger partial charge in [-0.05, 0) is 50.2 Å². The predicted octanol–water partition coefficient (Wildman–Crippen LogP) is 4.42. The van der Waals surface area contributed by atoms with E-state index < -0.39 is 0 Å². The zero-order valence-corrected chi connectivity index (χ0v) is 21.3. The van der Waals surface area contributed by atoms with Gasteiger partial charge in [0.15, 0.2) is 0 Å². The molecule has 0 aliphatic carbocycles. The molecule has 0 unspecified atom stereocenters. The standard InChI is InChI=1S/C29H32N4O3/c1-20-9-11-22(12-10-20)32-16-15-31(18-21(32)2)19-28-30-25-8-6-5-7-24(25)29(34)33(28)26-17-23(35-3)13-14-27(26)36-4/h5-14,17,21H,15-16,18-19H2,1-4H3/t21-/m0/s1. The van der Waals surface area contributed by atoms with Crippen LogP contribution in [0, 0.1) is 6.92 Å². The number of ether oxygens (including phenoxy) is 2. The van der Waals surface area contributed by atoms with Gasteiger partial charge in [0.2, 0.25) is 0 Å². The fourth-order valence-electron chi connectivity index (χ4n) is 5.00. The van der Waals surface area contributed by atoms with Crippen LogP contribution >= 0.6 is 0 Å². The van der Waals surface area contributed by atoms with E-state index in [0.717, 1.165) is 19.6 Å². The highest BCUT2D eigenvalue weighted by Crippen LogP contribution is 2.29. The van der Waals surface area contributed by atoms with Gasteiger partial charge >= 0.3 is 0 Å². The highest BCUT2D eigenvalue weighted by atomic mass is 16.5. The maximum Gasteiger partial charge on any atom is 0.266 e. The average molecular weight is 485 g/mol. The van der Waals surface area contributed by atoms with Gasteiger partial charge in [0.25, 0.3) is 5.56 Å². The maximum absolute atomic E-state index is 13.8. The van der Waals surface area contributed by atoms with Gasteiger partial charge in [-0.3, -0.25) is 14.3 Å². The van der Waals surface area contributed by atoms with Gasteiger partial charge in [-0.25, -0.2) is 4.98 Å². The van der Waals surface area contributed by atoms with Crippen LogP contribution < -0.4 is 19.9 Å². The van der Waals surface area contributed by atoms with E-state index in [9.17, 15) is 4.79 Å². The van der Waals surface area contributed by atoms with E-state index in [0.29, 0.717) is 46.5 Å². The van der Waals surface area contributed by atoms with Crippen molar-refractivity contribution in [3.8, 4) is 17.2 Å². The lowest BCUT2D eigenvalue weighted by Gasteiger charge is -2.41. The monoisotopic (exact) mass is 484 g/mol. The lowest BCUT2D eigenvalue weighted by Crippen LogP contribution is -2.52. The van der Waals surface area contributed by atoms with Crippen LogP contribution in [0.1, 0.15) is 18.3 Å². The van der Waals surface area contributed by atoms with E-state index >= 15 is 0 Å². The van der Waals surface area contributed by atoms with Gasteiger partial charge in [-0.15, -0.1) is 0 Å². The summed E-state index contributed by atoms with van der Waals surface area (Å²) >= 11 is 0. The molecule has 5 rings (SSSR count). The topological polar surface area (TPSA) is 59.8 Å². The number of hydrogen-bond donors (Lipinski definition) is 0. The Morgan fingerprint density at radius 3 is 2.47 bits per heavy atom. The molecule has 3 aromatic carbocycles. The smallest absolute Gasteiger partial charge is 0.266 e. The number of nitrogens with zero attached hydrogens (tertiary/aromatic N) is 4. The van der Waals surface area contributed by atoms with Gasteiger partial charge in [-0.1, -0.05) is 29.8 Å². The van der Waals surface area contributed by atoms with Gasteiger partial charge in [-0.2, -0.15) is 0 Å². The maximum atomic E-state index is 13.8. The van der Waals surface area contributed by atoms with Crippen molar-refractivity contribution in [2.45, 2.75) is 26.4 Å². The lowest BCUT2D eigenvalue weighted by molar-refractivity contribution is 0.214. The van der Waals surface area contributed by atoms with E-state index in [4.69, 9.17) is 14.5 Å². The summed E-state index contributed by atoms with van der Waals surface area (Å²) in [6.07, 6.45) is 0. The minimum atomic E-state index is -0.117. The number of methoxy groups -OCH3 is 2. The van der Waals surface area contributed by atoms with Crippen LogP contribution in [-0.4, -0.2) is 54.3 Å². The molecule has 0 radical (unpaired) electrons. The fourth-order valence-corrected chi connectivity index (χ4v) is 5.00. The molecule has 1 atom stereocenters. The summed E-state index contributed by atoms with van der Waals surface area (Å²) in [4.78, 5) is 23.6. The summed E-state index contributed by atoms with van der Waals surface area (Å²) in [6, 6.07) is 22.0. The highest BCUT2D eigenvalue weighted by Gasteiger charge is 2.26. The Morgan fingerprint density at radius 1 is 0.972 bits per heavy atom. The van der Waals surface area contributed by atoms with Gasteiger partial charge < -0.3 is 14.4 Å². The molecule has 186 valence electrons. The summed E-state index contributed by atoms with van der Waals surface area (Å²) in [7, 11) is 3.22. The van der Waals surface area contributed by atoms with Crippen LogP contribution in [0.3, 0.4) is 0 Å². The summed E-state index contributed by atoms with van der Waals surface area (Å²) in [5.74, 6) is 1.92. The molecule has 1 aliphatic rings. The Bertz CT molecular complexity index is 1430. The number of piperazine rings is 1. The molecule has 4 aromatic rings. The molecule has 0 amide bonds. The Balaban J connectivity index is 1.52. The SMILES string of the molecule is COc1ccc(OC)c(-n2c(CN3CCN(c4ccc(C)cc4)[C@@H](C)C3)nc3ccccc3c2=O)c1. The minimum Gasteiger partial charge on any atom is -0.497 e. The number of aryl methyl sites for hydroxylation is 1. The predicted molar refractivity (Wildman–Crippen MR) is 144 cm³/mol. The Labute approximate surface area is 211 Å². The van der Waals surface area contributed by atoms with Crippen LogP contribution in [0.15, 0.2) is 71.5 Å². The van der Waals surface area contributed by atoms with Crippen molar-refractivity contribution >= 4 is 16.6 Å². The van der Waals surface area contributed by atoms with Crippen molar-refractivity contribution in [1.29, 1.82) is 0 Å². The zero-order chi connectivity index (χ0) is 25.2. The van der Waals surface area contributed by atoms with E-state index in [-0.39, 0.29) is 5.56 Å². The Morgan fingerprint density at radius 2 is 1.75 bits per heavy atom. The Kier molecular flexibility index (Phi) is 6.65. The first kappa shape index (κ1) is 23.9. The molecule has 1 aliphatic heterocycles. The molecular formula is C29H32N4O3.